The summed E-state index contributed by atoms with van der Waals surface area (Å²) in [6.07, 6.45) is 0. The lowest BCUT2D eigenvalue weighted by atomic mass is 10.1. The van der Waals surface area contributed by atoms with E-state index in [-0.39, 0.29) is 22.6 Å². The van der Waals surface area contributed by atoms with Gasteiger partial charge >= 0.3 is 5.97 Å². The molecule has 22 heavy (non-hydrogen) atoms. The van der Waals surface area contributed by atoms with Gasteiger partial charge in [-0.25, -0.2) is 4.79 Å². The molecule has 9 heteroatoms. The average molecular weight is 304 g/mol. The van der Waals surface area contributed by atoms with Crippen LogP contribution in [0.1, 0.15) is 26.4 Å². The highest BCUT2D eigenvalue weighted by Gasteiger charge is 2.18. The molecule has 2 aromatic rings. The topological polar surface area (TPSA) is 127 Å². The lowest BCUT2D eigenvalue weighted by Crippen LogP contribution is -2.14. The van der Waals surface area contributed by atoms with Crippen LogP contribution in [0, 0.1) is 17.0 Å². The Morgan fingerprint density at radius 1 is 1.27 bits per heavy atom. The SMILES string of the molecule is COC(=O)c1cc(C(=O)Nc2cc(C)[nH]n2)cc([N+](=O)[O-])c1. The maximum absolute atomic E-state index is 12.1. The predicted octanol–water partition coefficient (Wildman–Crippen LogP) is 1.67. The van der Waals surface area contributed by atoms with Gasteiger partial charge in [0.15, 0.2) is 5.82 Å². The molecule has 0 spiro atoms. The van der Waals surface area contributed by atoms with Crippen molar-refractivity contribution in [1.82, 2.24) is 10.2 Å². The number of carbonyl (C=O) groups excluding carboxylic acids is 2. The highest BCUT2D eigenvalue weighted by atomic mass is 16.6. The molecule has 1 heterocycles. The molecule has 0 bridgehead atoms. The molecule has 0 saturated carbocycles. The number of nitrogens with zero attached hydrogens (tertiary/aromatic N) is 2. The third-order valence-corrected chi connectivity index (χ3v) is 2.76. The third-order valence-electron chi connectivity index (χ3n) is 2.76. The van der Waals surface area contributed by atoms with Gasteiger partial charge in [0.1, 0.15) is 0 Å². The van der Waals surface area contributed by atoms with Crippen molar-refractivity contribution >= 4 is 23.4 Å². The van der Waals surface area contributed by atoms with Crippen LogP contribution in [0.25, 0.3) is 0 Å². The summed E-state index contributed by atoms with van der Waals surface area (Å²) in [5, 5.41) is 19.9. The van der Waals surface area contributed by atoms with Gasteiger partial charge in [-0.1, -0.05) is 0 Å². The van der Waals surface area contributed by atoms with Crippen LogP contribution in [-0.2, 0) is 4.74 Å². The standard InChI is InChI=1S/C13H12N4O5/c1-7-3-11(16-15-7)14-12(18)8-4-9(13(19)22-2)6-10(5-8)17(20)21/h3-6H,1-2H3,(H2,14,15,16,18). The van der Waals surface area contributed by atoms with Crippen molar-refractivity contribution in [1.29, 1.82) is 0 Å². The number of hydrogen-bond donors (Lipinski definition) is 2. The number of esters is 1. The van der Waals surface area contributed by atoms with E-state index >= 15 is 0 Å². The van der Waals surface area contributed by atoms with Gasteiger partial charge in [0.25, 0.3) is 11.6 Å². The Morgan fingerprint density at radius 2 is 1.95 bits per heavy atom. The van der Waals surface area contributed by atoms with Gasteiger partial charge in [-0.05, 0) is 13.0 Å². The second-order valence-corrected chi connectivity index (χ2v) is 4.41. The van der Waals surface area contributed by atoms with Gasteiger partial charge in [-0.15, -0.1) is 0 Å². The summed E-state index contributed by atoms with van der Waals surface area (Å²) >= 11 is 0. The fourth-order valence-electron chi connectivity index (χ4n) is 1.75. The zero-order valence-corrected chi connectivity index (χ0v) is 11.7. The molecule has 0 radical (unpaired) electrons. The van der Waals surface area contributed by atoms with E-state index in [1.54, 1.807) is 13.0 Å². The van der Waals surface area contributed by atoms with Crippen molar-refractivity contribution in [2.75, 3.05) is 12.4 Å². The van der Waals surface area contributed by atoms with Gasteiger partial charge in [0, 0.05) is 29.5 Å². The Bertz CT molecular complexity index is 753. The molecule has 0 unspecified atom stereocenters. The number of amides is 1. The van der Waals surface area contributed by atoms with Gasteiger partial charge in [-0.3, -0.25) is 20.0 Å². The number of aromatic amines is 1. The number of rotatable bonds is 4. The number of anilines is 1. The molecule has 114 valence electrons. The number of aromatic nitrogens is 2. The Morgan fingerprint density at radius 3 is 2.50 bits per heavy atom. The molecule has 0 saturated heterocycles. The summed E-state index contributed by atoms with van der Waals surface area (Å²) in [5.74, 6) is -1.12. The van der Waals surface area contributed by atoms with E-state index in [0.717, 1.165) is 24.9 Å². The summed E-state index contributed by atoms with van der Waals surface area (Å²) < 4.78 is 4.52. The van der Waals surface area contributed by atoms with Crippen LogP contribution in [0.15, 0.2) is 24.3 Å². The molecular weight excluding hydrogens is 292 g/mol. The number of nitrogens with one attached hydrogen (secondary N) is 2. The number of aryl methyl sites for hydroxylation is 1. The lowest BCUT2D eigenvalue weighted by molar-refractivity contribution is -0.384. The molecule has 0 aliphatic carbocycles. The van der Waals surface area contributed by atoms with Gasteiger partial charge in [0.05, 0.1) is 17.6 Å². The van der Waals surface area contributed by atoms with Crippen LogP contribution in [-0.4, -0.2) is 34.1 Å². The maximum Gasteiger partial charge on any atom is 0.338 e. The molecule has 0 aliphatic heterocycles. The fourth-order valence-corrected chi connectivity index (χ4v) is 1.75. The van der Waals surface area contributed by atoms with E-state index in [4.69, 9.17) is 0 Å². The molecule has 0 atom stereocenters. The van der Waals surface area contributed by atoms with Crippen LogP contribution in [0.2, 0.25) is 0 Å². The van der Waals surface area contributed by atoms with Gasteiger partial charge in [0.2, 0.25) is 0 Å². The zero-order chi connectivity index (χ0) is 16.3. The summed E-state index contributed by atoms with van der Waals surface area (Å²) in [4.78, 5) is 33.9. The van der Waals surface area contributed by atoms with Crippen molar-refractivity contribution in [2.45, 2.75) is 6.92 Å². The molecule has 0 aliphatic rings. The first-order valence-electron chi connectivity index (χ1n) is 6.12. The number of non-ortho nitro benzene ring substituents is 1. The predicted molar refractivity (Wildman–Crippen MR) is 75.7 cm³/mol. The molecule has 1 aromatic heterocycles. The Labute approximate surface area is 124 Å². The normalized spacial score (nSPS) is 10.1. The number of H-pyrrole nitrogens is 1. The monoisotopic (exact) mass is 304 g/mol. The summed E-state index contributed by atoms with van der Waals surface area (Å²) in [6.45, 7) is 1.76. The number of ether oxygens (including phenoxy) is 1. The van der Waals surface area contributed by atoms with E-state index in [1.807, 2.05) is 0 Å². The number of benzene rings is 1. The third kappa shape index (κ3) is 3.26. The van der Waals surface area contributed by atoms with Crippen molar-refractivity contribution < 1.29 is 19.2 Å². The first kappa shape index (κ1) is 15.2. The Balaban J connectivity index is 2.36. The van der Waals surface area contributed by atoms with Crippen LogP contribution >= 0.6 is 0 Å². The Kier molecular flexibility index (Phi) is 4.16. The maximum atomic E-state index is 12.1. The summed E-state index contributed by atoms with van der Waals surface area (Å²) in [6, 6.07) is 4.92. The molecule has 0 fully saturated rings. The quantitative estimate of drug-likeness (QED) is 0.502. The minimum atomic E-state index is -0.770. The van der Waals surface area contributed by atoms with E-state index < -0.39 is 16.8 Å². The minimum absolute atomic E-state index is 0.0461. The number of hydrogen-bond acceptors (Lipinski definition) is 6. The van der Waals surface area contributed by atoms with Crippen LogP contribution in [0.3, 0.4) is 0 Å². The van der Waals surface area contributed by atoms with Gasteiger partial charge in [-0.2, -0.15) is 5.10 Å². The van der Waals surface area contributed by atoms with E-state index in [2.05, 4.69) is 20.3 Å². The number of nitro benzene ring substituents is 1. The average Bonchev–Trinajstić information content (AvgIpc) is 2.90. The van der Waals surface area contributed by atoms with Crippen molar-refractivity contribution in [3.05, 3.63) is 51.2 Å². The molecule has 1 aromatic carbocycles. The fraction of sp³-hybridized carbons (Fsp3) is 0.154. The highest BCUT2D eigenvalue weighted by molar-refractivity contribution is 6.05. The molecule has 2 N–H and O–H groups in total. The second-order valence-electron chi connectivity index (χ2n) is 4.41. The minimum Gasteiger partial charge on any atom is -0.465 e. The first-order valence-corrected chi connectivity index (χ1v) is 6.12. The van der Waals surface area contributed by atoms with Crippen molar-refractivity contribution in [3.63, 3.8) is 0 Å². The first-order chi connectivity index (χ1) is 10.4. The van der Waals surface area contributed by atoms with E-state index in [1.165, 1.54) is 6.07 Å². The van der Waals surface area contributed by atoms with Crippen molar-refractivity contribution in [3.8, 4) is 0 Å². The van der Waals surface area contributed by atoms with Gasteiger partial charge < -0.3 is 10.1 Å². The van der Waals surface area contributed by atoms with Crippen LogP contribution < -0.4 is 5.32 Å². The molecule has 9 nitrogen and oxygen atoms in total. The van der Waals surface area contributed by atoms with Crippen LogP contribution in [0.4, 0.5) is 11.5 Å². The second kappa shape index (κ2) is 6.04. The molecule has 2 rings (SSSR count). The van der Waals surface area contributed by atoms with E-state index in [9.17, 15) is 19.7 Å². The van der Waals surface area contributed by atoms with Crippen LogP contribution in [0.5, 0.6) is 0 Å². The Hall–Kier alpha value is -3.23. The van der Waals surface area contributed by atoms with Crippen molar-refractivity contribution in [2.24, 2.45) is 0 Å². The number of methoxy groups -OCH3 is 1. The smallest absolute Gasteiger partial charge is 0.338 e. The largest absolute Gasteiger partial charge is 0.465 e. The number of carbonyl (C=O) groups is 2. The number of nitro groups is 1. The lowest BCUT2D eigenvalue weighted by Gasteiger charge is -2.05. The van der Waals surface area contributed by atoms with E-state index in [0.29, 0.717) is 0 Å². The summed E-state index contributed by atoms with van der Waals surface area (Å²) in [7, 11) is 1.15. The highest BCUT2D eigenvalue weighted by Crippen LogP contribution is 2.19. The molecule has 1 amide bonds. The zero-order valence-electron chi connectivity index (χ0n) is 11.7. The molecular formula is C13H12N4O5. The summed E-state index contributed by atoms with van der Waals surface area (Å²) in [5.41, 5.74) is 0.228.